The number of nitrogens with one attached hydrogen (secondary N) is 2. The molecule has 2 N–H and O–H groups in total. The van der Waals surface area contributed by atoms with Gasteiger partial charge in [0.25, 0.3) is 0 Å². The first-order chi connectivity index (χ1) is 9.03. The van der Waals surface area contributed by atoms with E-state index in [1.165, 1.54) is 12.1 Å². The van der Waals surface area contributed by atoms with Gasteiger partial charge in [-0.05, 0) is 44.5 Å². The first-order valence-corrected chi connectivity index (χ1v) is 7.77. The predicted molar refractivity (Wildman–Crippen MR) is 79.2 cm³/mol. The summed E-state index contributed by atoms with van der Waals surface area (Å²) >= 11 is 0. The van der Waals surface area contributed by atoms with E-state index in [4.69, 9.17) is 5.26 Å². The highest BCUT2D eigenvalue weighted by atomic mass is 35.5. The van der Waals surface area contributed by atoms with Crippen molar-refractivity contribution < 1.29 is 8.42 Å². The number of rotatable bonds is 3. The molecule has 1 aromatic carbocycles. The standard InChI is InChI=1S/C13H17N3O2S.ClH/c1-10-13(6-3-7-15-10)16-19(17,18)12-5-2-4-11(8-12)9-14;/h2,4-5,8,10,13,15-16H,3,6-7H2,1H3;1H. The maximum absolute atomic E-state index is 12.3. The Morgan fingerprint density at radius 3 is 2.85 bits per heavy atom. The summed E-state index contributed by atoms with van der Waals surface area (Å²) in [5, 5.41) is 12.1. The summed E-state index contributed by atoms with van der Waals surface area (Å²) in [7, 11) is -3.57. The molecule has 2 atom stereocenters. The highest BCUT2D eigenvalue weighted by Gasteiger charge is 2.26. The van der Waals surface area contributed by atoms with Crippen LogP contribution in [0.4, 0.5) is 0 Å². The van der Waals surface area contributed by atoms with E-state index in [1.807, 2.05) is 13.0 Å². The predicted octanol–water partition coefficient (Wildman–Crippen LogP) is 1.40. The van der Waals surface area contributed by atoms with Crippen LogP contribution in [-0.2, 0) is 10.0 Å². The van der Waals surface area contributed by atoms with E-state index in [2.05, 4.69) is 10.0 Å². The highest BCUT2D eigenvalue weighted by molar-refractivity contribution is 7.89. The number of hydrogen-bond donors (Lipinski definition) is 2. The molecule has 0 saturated carbocycles. The van der Waals surface area contributed by atoms with Gasteiger partial charge in [-0.3, -0.25) is 0 Å². The van der Waals surface area contributed by atoms with Crippen LogP contribution >= 0.6 is 12.4 Å². The van der Waals surface area contributed by atoms with Crippen LogP contribution in [0.15, 0.2) is 29.2 Å². The van der Waals surface area contributed by atoms with Crippen LogP contribution in [0.2, 0.25) is 0 Å². The average Bonchev–Trinajstić information content (AvgIpc) is 2.41. The van der Waals surface area contributed by atoms with Gasteiger partial charge < -0.3 is 5.32 Å². The minimum atomic E-state index is -3.57. The van der Waals surface area contributed by atoms with Gasteiger partial charge in [0.05, 0.1) is 16.5 Å². The molecule has 7 heteroatoms. The van der Waals surface area contributed by atoms with Gasteiger partial charge in [-0.25, -0.2) is 13.1 Å². The second-order valence-corrected chi connectivity index (χ2v) is 6.47. The van der Waals surface area contributed by atoms with Crippen LogP contribution in [0.5, 0.6) is 0 Å². The Labute approximate surface area is 125 Å². The fourth-order valence-electron chi connectivity index (χ4n) is 2.21. The Kier molecular flexibility index (Phi) is 5.96. The minimum absolute atomic E-state index is 0. The lowest BCUT2D eigenvalue weighted by Crippen LogP contribution is -2.51. The summed E-state index contributed by atoms with van der Waals surface area (Å²) < 4.78 is 27.2. The Bertz CT molecular complexity index is 598. The molecule has 20 heavy (non-hydrogen) atoms. The van der Waals surface area contributed by atoms with E-state index in [1.54, 1.807) is 12.1 Å². The smallest absolute Gasteiger partial charge is 0.240 e. The van der Waals surface area contributed by atoms with Crippen LogP contribution in [0.1, 0.15) is 25.3 Å². The van der Waals surface area contributed by atoms with Crippen molar-refractivity contribution in [3.05, 3.63) is 29.8 Å². The molecule has 0 aromatic heterocycles. The first-order valence-electron chi connectivity index (χ1n) is 6.29. The van der Waals surface area contributed by atoms with Gasteiger partial charge >= 0.3 is 0 Å². The molecule has 1 heterocycles. The molecule has 1 aliphatic rings. The summed E-state index contributed by atoms with van der Waals surface area (Å²) in [6, 6.07) is 8.02. The Morgan fingerprint density at radius 2 is 2.20 bits per heavy atom. The number of nitriles is 1. The van der Waals surface area contributed by atoms with Gasteiger partial charge in [0.2, 0.25) is 10.0 Å². The SMILES string of the molecule is CC1NCCCC1NS(=O)(=O)c1cccc(C#N)c1.Cl. The van der Waals surface area contributed by atoms with E-state index >= 15 is 0 Å². The second-order valence-electron chi connectivity index (χ2n) is 4.75. The molecule has 110 valence electrons. The van der Waals surface area contributed by atoms with Crippen molar-refractivity contribution in [3.8, 4) is 6.07 Å². The molecular formula is C13H18ClN3O2S. The lowest BCUT2D eigenvalue weighted by atomic mass is 10.0. The molecular weight excluding hydrogens is 298 g/mol. The first kappa shape index (κ1) is 16.9. The third-order valence-electron chi connectivity index (χ3n) is 3.34. The van der Waals surface area contributed by atoms with Crippen molar-refractivity contribution in [1.82, 2.24) is 10.0 Å². The summed E-state index contributed by atoms with van der Waals surface area (Å²) in [5.74, 6) is 0. The van der Waals surface area contributed by atoms with Gasteiger partial charge in [0.1, 0.15) is 0 Å². The second kappa shape index (κ2) is 7.04. The van der Waals surface area contributed by atoms with Crippen LogP contribution in [0, 0.1) is 11.3 Å². The molecule has 1 aromatic rings. The zero-order chi connectivity index (χ0) is 13.9. The zero-order valence-corrected chi connectivity index (χ0v) is 12.8. The third kappa shape index (κ3) is 3.93. The van der Waals surface area contributed by atoms with Crippen molar-refractivity contribution in [2.45, 2.75) is 36.7 Å². The van der Waals surface area contributed by atoms with Crippen molar-refractivity contribution >= 4 is 22.4 Å². The summed E-state index contributed by atoms with van der Waals surface area (Å²) in [6.45, 7) is 2.89. The van der Waals surface area contributed by atoms with E-state index in [0.717, 1.165) is 19.4 Å². The Balaban J connectivity index is 0.00000200. The number of nitrogens with zero attached hydrogens (tertiary/aromatic N) is 1. The monoisotopic (exact) mass is 315 g/mol. The van der Waals surface area contributed by atoms with Gasteiger partial charge in [0, 0.05) is 12.1 Å². The number of hydrogen-bond acceptors (Lipinski definition) is 4. The molecule has 2 unspecified atom stereocenters. The van der Waals surface area contributed by atoms with Gasteiger partial charge in [-0.2, -0.15) is 5.26 Å². The van der Waals surface area contributed by atoms with Gasteiger partial charge in [-0.15, -0.1) is 12.4 Å². The number of sulfonamides is 1. The van der Waals surface area contributed by atoms with E-state index in [9.17, 15) is 8.42 Å². The third-order valence-corrected chi connectivity index (χ3v) is 4.83. The lowest BCUT2D eigenvalue weighted by molar-refractivity contribution is 0.349. The molecule has 1 fully saturated rings. The molecule has 0 radical (unpaired) electrons. The van der Waals surface area contributed by atoms with Gasteiger partial charge in [-0.1, -0.05) is 6.07 Å². The maximum atomic E-state index is 12.3. The quantitative estimate of drug-likeness (QED) is 0.883. The zero-order valence-electron chi connectivity index (χ0n) is 11.2. The fourth-order valence-corrected chi connectivity index (χ4v) is 3.60. The van der Waals surface area contributed by atoms with Crippen LogP contribution in [-0.4, -0.2) is 27.0 Å². The van der Waals surface area contributed by atoms with E-state index < -0.39 is 10.0 Å². The summed E-state index contributed by atoms with van der Waals surface area (Å²) in [4.78, 5) is 0.143. The topological polar surface area (TPSA) is 82.0 Å². The van der Waals surface area contributed by atoms with E-state index in [-0.39, 0.29) is 29.4 Å². The molecule has 0 aliphatic carbocycles. The maximum Gasteiger partial charge on any atom is 0.240 e. The Morgan fingerprint density at radius 1 is 1.45 bits per heavy atom. The molecule has 1 saturated heterocycles. The summed E-state index contributed by atoms with van der Waals surface area (Å²) in [5.41, 5.74) is 0.345. The lowest BCUT2D eigenvalue weighted by Gasteiger charge is -2.30. The van der Waals surface area contributed by atoms with Crippen LogP contribution in [0.3, 0.4) is 0 Å². The number of halogens is 1. The van der Waals surface area contributed by atoms with Crippen molar-refractivity contribution in [1.29, 1.82) is 5.26 Å². The van der Waals surface area contributed by atoms with Crippen molar-refractivity contribution in [2.75, 3.05) is 6.54 Å². The van der Waals surface area contributed by atoms with Crippen LogP contribution < -0.4 is 10.0 Å². The number of benzene rings is 1. The molecule has 1 aliphatic heterocycles. The minimum Gasteiger partial charge on any atom is -0.313 e. The molecule has 0 amide bonds. The molecule has 0 bridgehead atoms. The fraction of sp³-hybridized carbons (Fsp3) is 0.462. The summed E-state index contributed by atoms with van der Waals surface area (Å²) in [6.07, 6.45) is 1.78. The van der Waals surface area contributed by atoms with E-state index in [0.29, 0.717) is 5.56 Å². The largest absolute Gasteiger partial charge is 0.313 e. The normalized spacial score (nSPS) is 22.6. The number of piperidine rings is 1. The van der Waals surface area contributed by atoms with Crippen molar-refractivity contribution in [3.63, 3.8) is 0 Å². The molecule has 0 spiro atoms. The average molecular weight is 316 g/mol. The molecule has 2 rings (SSSR count). The highest BCUT2D eigenvalue weighted by Crippen LogP contribution is 2.15. The van der Waals surface area contributed by atoms with Gasteiger partial charge in [0.15, 0.2) is 0 Å². The van der Waals surface area contributed by atoms with Crippen LogP contribution in [0.25, 0.3) is 0 Å². The molecule has 5 nitrogen and oxygen atoms in total. The Hall–Kier alpha value is -1.13. The van der Waals surface area contributed by atoms with Crippen molar-refractivity contribution in [2.24, 2.45) is 0 Å².